The first kappa shape index (κ1) is 18.9. The maximum Gasteiger partial charge on any atom is 0.277 e. The second-order valence-corrected chi connectivity index (χ2v) is 6.40. The van der Waals surface area contributed by atoms with Crippen molar-refractivity contribution in [2.75, 3.05) is 0 Å². The Hall–Kier alpha value is -4.46. The minimum absolute atomic E-state index is 0.000507. The number of allylic oxidation sites excluding steroid dienone is 1. The van der Waals surface area contributed by atoms with Crippen molar-refractivity contribution in [3.8, 4) is 0 Å². The van der Waals surface area contributed by atoms with Gasteiger partial charge in [0.25, 0.3) is 11.6 Å². The van der Waals surface area contributed by atoms with Crippen LogP contribution in [0.5, 0.6) is 0 Å². The summed E-state index contributed by atoms with van der Waals surface area (Å²) in [7, 11) is 0. The molecular formula is C22H13N3O5. The second-order valence-electron chi connectivity index (χ2n) is 6.40. The standard InChI is InChI=1S/C22H13N3O5/c26-20-16-3-1-2-4-17(16)21(27)18(20)19(13-9-11-23-12-10-13)24-22(28)14-5-7-15(8-6-14)25(29)30/h1-12,26H. The van der Waals surface area contributed by atoms with E-state index in [1.807, 2.05) is 0 Å². The molecule has 146 valence electrons. The predicted octanol–water partition coefficient (Wildman–Crippen LogP) is 3.78. The summed E-state index contributed by atoms with van der Waals surface area (Å²) < 4.78 is 0. The summed E-state index contributed by atoms with van der Waals surface area (Å²) in [6, 6.07) is 14.7. The van der Waals surface area contributed by atoms with Crippen LogP contribution in [0, 0.1) is 10.1 Å². The van der Waals surface area contributed by atoms with Gasteiger partial charge in [-0.05, 0) is 24.3 Å². The fourth-order valence-corrected chi connectivity index (χ4v) is 3.15. The Kier molecular flexibility index (Phi) is 4.73. The Morgan fingerprint density at radius 2 is 1.57 bits per heavy atom. The summed E-state index contributed by atoms with van der Waals surface area (Å²) in [4.78, 5) is 44.0. The number of aliphatic hydroxyl groups is 1. The van der Waals surface area contributed by atoms with E-state index in [1.54, 1.807) is 36.4 Å². The van der Waals surface area contributed by atoms with Gasteiger partial charge in [-0.1, -0.05) is 24.3 Å². The van der Waals surface area contributed by atoms with E-state index in [1.165, 1.54) is 36.7 Å². The number of Topliss-reactive ketones (excluding diaryl/α,β-unsaturated/α-hetero) is 1. The number of benzene rings is 2. The van der Waals surface area contributed by atoms with Crippen LogP contribution in [0.4, 0.5) is 5.69 Å². The number of carbonyl (C=O) groups is 2. The lowest BCUT2D eigenvalue weighted by Crippen LogP contribution is -2.15. The maximum atomic E-state index is 13.0. The van der Waals surface area contributed by atoms with Gasteiger partial charge >= 0.3 is 0 Å². The molecule has 8 heteroatoms. The molecule has 0 atom stereocenters. The molecule has 0 spiro atoms. The van der Waals surface area contributed by atoms with Crippen molar-refractivity contribution in [1.82, 2.24) is 4.98 Å². The van der Waals surface area contributed by atoms with E-state index in [-0.39, 0.29) is 28.3 Å². The smallest absolute Gasteiger partial charge is 0.277 e. The molecule has 4 rings (SSSR count). The van der Waals surface area contributed by atoms with Crippen molar-refractivity contribution in [2.45, 2.75) is 0 Å². The largest absolute Gasteiger partial charge is 0.506 e. The maximum absolute atomic E-state index is 13.0. The number of nitro benzene ring substituents is 1. The molecule has 1 aromatic heterocycles. The van der Waals surface area contributed by atoms with Crippen molar-refractivity contribution >= 4 is 28.8 Å². The summed E-state index contributed by atoms with van der Waals surface area (Å²) in [5.41, 5.74) is 0.957. The lowest BCUT2D eigenvalue weighted by molar-refractivity contribution is -0.384. The number of carbonyl (C=O) groups excluding carboxylic acids is 2. The van der Waals surface area contributed by atoms with E-state index in [2.05, 4.69) is 9.98 Å². The van der Waals surface area contributed by atoms with Gasteiger partial charge in [-0.3, -0.25) is 24.7 Å². The van der Waals surface area contributed by atoms with Gasteiger partial charge in [-0.15, -0.1) is 0 Å². The topological polar surface area (TPSA) is 123 Å². The minimum Gasteiger partial charge on any atom is -0.506 e. The van der Waals surface area contributed by atoms with Crippen molar-refractivity contribution in [1.29, 1.82) is 0 Å². The molecule has 1 heterocycles. The molecule has 1 amide bonds. The van der Waals surface area contributed by atoms with Gasteiger partial charge in [0.1, 0.15) is 5.76 Å². The molecule has 0 aliphatic heterocycles. The van der Waals surface area contributed by atoms with Crippen LogP contribution < -0.4 is 0 Å². The van der Waals surface area contributed by atoms with Crippen molar-refractivity contribution in [3.05, 3.63) is 111 Å². The highest BCUT2D eigenvalue weighted by molar-refractivity contribution is 6.40. The predicted molar refractivity (Wildman–Crippen MR) is 109 cm³/mol. The average Bonchev–Trinajstić information content (AvgIpc) is 3.03. The number of pyridine rings is 1. The molecule has 1 aliphatic rings. The van der Waals surface area contributed by atoms with Crippen molar-refractivity contribution in [2.24, 2.45) is 4.99 Å². The monoisotopic (exact) mass is 399 g/mol. The Morgan fingerprint density at radius 1 is 0.933 bits per heavy atom. The zero-order valence-corrected chi connectivity index (χ0v) is 15.4. The number of nitro groups is 1. The number of aliphatic imine (C=N–C) groups is 1. The summed E-state index contributed by atoms with van der Waals surface area (Å²) >= 11 is 0. The second kappa shape index (κ2) is 7.51. The molecule has 0 bridgehead atoms. The first-order chi connectivity index (χ1) is 14.5. The lowest BCUT2D eigenvalue weighted by Gasteiger charge is -2.08. The highest BCUT2D eigenvalue weighted by Gasteiger charge is 2.33. The molecule has 0 saturated carbocycles. The summed E-state index contributed by atoms with van der Waals surface area (Å²) in [5, 5.41) is 21.5. The summed E-state index contributed by atoms with van der Waals surface area (Å²) in [6.07, 6.45) is 2.96. The fourth-order valence-electron chi connectivity index (χ4n) is 3.15. The number of non-ortho nitro benzene ring substituents is 1. The highest BCUT2D eigenvalue weighted by Crippen LogP contribution is 2.33. The van der Waals surface area contributed by atoms with Crippen LogP contribution in [0.3, 0.4) is 0 Å². The van der Waals surface area contributed by atoms with Gasteiger partial charge < -0.3 is 5.11 Å². The first-order valence-electron chi connectivity index (χ1n) is 8.83. The van der Waals surface area contributed by atoms with Crippen molar-refractivity contribution in [3.63, 3.8) is 0 Å². The van der Waals surface area contributed by atoms with Crippen LogP contribution in [0.15, 0.2) is 83.6 Å². The number of aromatic nitrogens is 1. The van der Waals surface area contributed by atoms with E-state index in [0.29, 0.717) is 16.7 Å². The molecule has 1 aliphatic carbocycles. The summed E-state index contributed by atoms with van der Waals surface area (Å²) in [5.74, 6) is -1.42. The molecule has 0 saturated heterocycles. The molecule has 30 heavy (non-hydrogen) atoms. The molecule has 0 fully saturated rings. The number of fused-ring (bicyclic) bond motifs is 1. The number of nitrogens with zero attached hydrogens (tertiary/aromatic N) is 3. The quantitative estimate of drug-likeness (QED) is 0.405. The van der Waals surface area contributed by atoms with Crippen LogP contribution in [0.1, 0.15) is 31.8 Å². The van der Waals surface area contributed by atoms with Crippen LogP contribution in [0.2, 0.25) is 0 Å². The van der Waals surface area contributed by atoms with Gasteiger partial charge in [0.2, 0.25) is 0 Å². The van der Waals surface area contributed by atoms with Gasteiger partial charge in [0.15, 0.2) is 5.78 Å². The summed E-state index contributed by atoms with van der Waals surface area (Å²) in [6.45, 7) is 0. The number of hydrogen-bond donors (Lipinski definition) is 1. The molecular weight excluding hydrogens is 386 g/mol. The number of aliphatic hydroxyl groups excluding tert-OH is 1. The number of hydrogen-bond acceptors (Lipinski definition) is 6. The van der Waals surface area contributed by atoms with Crippen LogP contribution in [-0.2, 0) is 0 Å². The van der Waals surface area contributed by atoms with Crippen molar-refractivity contribution < 1.29 is 19.6 Å². The molecule has 0 radical (unpaired) electrons. The van der Waals surface area contributed by atoms with E-state index >= 15 is 0 Å². The third-order valence-corrected chi connectivity index (χ3v) is 4.62. The lowest BCUT2D eigenvalue weighted by atomic mass is 9.99. The van der Waals surface area contributed by atoms with E-state index in [0.717, 1.165) is 0 Å². The fraction of sp³-hybridized carbons (Fsp3) is 0. The van der Waals surface area contributed by atoms with Gasteiger partial charge in [-0.25, -0.2) is 4.99 Å². The first-order valence-corrected chi connectivity index (χ1v) is 8.83. The van der Waals surface area contributed by atoms with Gasteiger partial charge in [0.05, 0.1) is 16.2 Å². The molecule has 1 N–H and O–H groups in total. The zero-order valence-electron chi connectivity index (χ0n) is 15.4. The third kappa shape index (κ3) is 3.26. The van der Waals surface area contributed by atoms with E-state index < -0.39 is 16.6 Å². The Morgan fingerprint density at radius 3 is 2.17 bits per heavy atom. The zero-order chi connectivity index (χ0) is 21.3. The SMILES string of the molecule is O=C(N=C(C1=C(O)c2ccccc2C1=O)c1ccncc1)c1ccc([N+](=O)[O-])cc1. The third-order valence-electron chi connectivity index (χ3n) is 4.62. The number of ketones is 1. The van der Waals surface area contributed by atoms with E-state index in [4.69, 9.17) is 0 Å². The number of rotatable bonds is 4. The average molecular weight is 399 g/mol. The van der Waals surface area contributed by atoms with Gasteiger partial charge in [-0.2, -0.15) is 0 Å². The molecule has 2 aromatic carbocycles. The highest BCUT2D eigenvalue weighted by atomic mass is 16.6. The molecule has 8 nitrogen and oxygen atoms in total. The Labute approximate surface area is 170 Å². The van der Waals surface area contributed by atoms with Crippen LogP contribution in [-0.4, -0.2) is 32.4 Å². The van der Waals surface area contributed by atoms with E-state index in [9.17, 15) is 24.8 Å². The van der Waals surface area contributed by atoms with Crippen LogP contribution in [0.25, 0.3) is 5.76 Å². The van der Waals surface area contributed by atoms with Crippen LogP contribution >= 0.6 is 0 Å². The normalized spacial score (nSPS) is 13.3. The van der Waals surface area contributed by atoms with Gasteiger partial charge in [0, 0.05) is 46.8 Å². The minimum atomic E-state index is -0.708. The Bertz CT molecular complexity index is 1250. The molecule has 3 aromatic rings. The molecule has 0 unspecified atom stereocenters. The number of amides is 1. The Balaban J connectivity index is 1.83.